The monoisotopic (exact) mass is 234 g/mol. The van der Waals surface area contributed by atoms with E-state index in [0.29, 0.717) is 5.75 Å². The second kappa shape index (κ2) is 3.86. The number of aromatic hydroxyl groups is 1. The van der Waals surface area contributed by atoms with Crippen LogP contribution in [0.5, 0.6) is 5.75 Å². The molecule has 0 aliphatic rings. The van der Waals surface area contributed by atoms with Crippen molar-refractivity contribution in [1.82, 2.24) is 0 Å². The quantitative estimate of drug-likeness (QED) is 0.744. The maximum Gasteiger partial charge on any atom is 0.123 e. The van der Waals surface area contributed by atoms with E-state index in [4.69, 9.17) is 0 Å². The zero-order chi connectivity index (χ0) is 7.68. The fourth-order valence-electron chi connectivity index (χ4n) is 1.21. The van der Waals surface area contributed by atoms with Gasteiger partial charge in [-0.1, -0.05) is 36.4 Å². The van der Waals surface area contributed by atoms with E-state index in [-0.39, 0.29) is 26.2 Å². The van der Waals surface area contributed by atoms with Crippen LogP contribution in [0.15, 0.2) is 42.5 Å². The van der Waals surface area contributed by atoms with E-state index in [1.165, 1.54) is 0 Å². The number of hydrogen-bond acceptors (Lipinski definition) is 1. The third-order valence-electron chi connectivity index (χ3n) is 1.77. The number of benzene rings is 2. The predicted octanol–water partition coefficient (Wildman–Crippen LogP) is 2.54. The molecule has 0 atom stereocenters. The van der Waals surface area contributed by atoms with Crippen molar-refractivity contribution >= 4 is 10.8 Å². The molecule has 0 unspecified atom stereocenters. The van der Waals surface area contributed by atoms with Gasteiger partial charge in [0.2, 0.25) is 0 Å². The number of phenols is 1. The van der Waals surface area contributed by atoms with Gasteiger partial charge in [0, 0.05) is 31.6 Å². The Morgan fingerprint density at radius 2 is 1.50 bits per heavy atom. The smallest absolute Gasteiger partial charge is 0.123 e. The predicted molar refractivity (Wildman–Crippen MR) is 45.6 cm³/mol. The average molecular weight is 235 g/mol. The second-order valence-corrected chi connectivity index (χ2v) is 2.50. The maximum absolute atomic E-state index is 9.37. The van der Waals surface area contributed by atoms with Gasteiger partial charge in [-0.2, -0.15) is 0 Å². The second-order valence-electron chi connectivity index (χ2n) is 2.50. The minimum atomic E-state index is 0. The van der Waals surface area contributed by atoms with Crippen LogP contribution in [-0.2, 0) is 26.2 Å². The molecule has 0 saturated carbocycles. The molecule has 0 radical (unpaired) electrons. The van der Waals surface area contributed by atoms with Crippen molar-refractivity contribution in [2.24, 2.45) is 0 Å². The molecule has 0 heterocycles. The first kappa shape index (κ1) is 9.47. The molecule has 0 bridgehead atoms. The molecule has 0 saturated heterocycles. The minimum absolute atomic E-state index is 0. The standard InChI is InChI=1S/C10H8O.Zr/c11-10-7-3-5-8-4-1-2-6-9(8)10;/h1-7,11H;. The van der Waals surface area contributed by atoms with Gasteiger partial charge in [-0.25, -0.2) is 0 Å². The molecular weight excluding hydrogens is 227 g/mol. The summed E-state index contributed by atoms with van der Waals surface area (Å²) in [5.41, 5.74) is 0. The summed E-state index contributed by atoms with van der Waals surface area (Å²) < 4.78 is 0. The molecule has 1 N–H and O–H groups in total. The Labute approximate surface area is 90.2 Å². The van der Waals surface area contributed by atoms with Crippen molar-refractivity contribution in [3.63, 3.8) is 0 Å². The van der Waals surface area contributed by atoms with Crippen LogP contribution in [0.4, 0.5) is 0 Å². The van der Waals surface area contributed by atoms with Crippen molar-refractivity contribution in [3.05, 3.63) is 42.5 Å². The minimum Gasteiger partial charge on any atom is -0.507 e. The van der Waals surface area contributed by atoms with E-state index in [1.807, 2.05) is 36.4 Å². The van der Waals surface area contributed by atoms with E-state index in [2.05, 4.69) is 0 Å². The molecule has 0 amide bonds. The maximum atomic E-state index is 9.37. The molecule has 2 aromatic carbocycles. The van der Waals surface area contributed by atoms with E-state index in [9.17, 15) is 5.11 Å². The van der Waals surface area contributed by atoms with Crippen LogP contribution in [0, 0.1) is 0 Å². The van der Waals surface area contributed by atoms with Crippen LogP contribution in [0.3, 0.4) is 0 Å². The molecule has 2 heteroatoms. The summed E-state index contributed by atoms with van der Waals surface area (Å²) in [5.74, 6) is 0.350. The van der Waals surface area contributed by atoms with Crippen LogP contribution in [0.25, 0.3) is 10.8 Å². The summed E-state index contributed by atoms with van der Waals surface area (Å²) in [5, 5.41) is 11.4. The van der Waals surface area contributed by atoms with Crippen LogP contribution in [0.2, 0.25) is 0 Å². The van der Waals surface area contributed by atoms with Gasteiger partial charge < -0.3 is 5.11 Å². The summed E-state index contributed by atoms with van der Waals surface area (Å²) >= 11 is 0. The molecule has 2 rings (SSSR count). The van der Waals surface area contributed by atoms with E-state index < -0.39 is 0 Å². The number of phenolic OH excluding ortho intramolecular Hbond substituents is 1. The molecular formula is C10H8OZr. The number of rotatable bonds is 0. The van der Waals surface area contributed by atoms with Gasteiger partial charge in [0.25, 0.3) is 0 Å². The Morgan fingerprint density at radius 1 is 0.833 bits per heavy atom. The normalized spacial score (nSPS) is 9.33. The Bertz CT molecular complexity index is 379. The largest absolute Gasteiger partial charge is 0.507 e. The zero-order valence-electron chi connectivity index (χ0n) is 6.49. The van der Waals surface area contributed by atoms with Gasteiger partial charge in [-0.05, 0) is 11.5 Å². The summed E-state index contributed by atoms with van der Waals surface area (Å²) in [6.07, 6.45) is 0. The van der Waals surface area contributed by atoms with Gasteiger partial charge in [0.05, 0.1) is 0 Å². The topological polar surface area (TPSA) is 20.2 Å². The number of fused-ring (bicyclic) bond motifs is 1. The SMILES string of the molecule is Oc1cccc2ccccc12.[Zr]. The molecule has 0 fully saturated rings. The van der Waals surface area contributed by atoms with Crippen molar-refractivity contribution < 1.29 is 31.3 Å². The Morgan fingerprint density at radius 3 is 2.25 bits per heavy atom. The fraction of sp³-hybridized carbons (Fsp3) is 0. The summed E-state index contributed by atoms with van der Waals surface area (Å²) in [4.78, 5) is 0. The van der Waals surface area contributed by atoms with Gasteiger partial charge in [0.15, 0.2) is 0 Å². The first-order valence-corrected chi connectivity index (χ1v) is 3.54. The zero-order valence-corrected chi connectivity index (χ0v) is 8.95. The van der Waals surface area contributed by atoms with Crippen molar-refractivity contribution in [2.45, 2.75) is 0 Å². The van der Waals surface area contributed by atoms with E-state index in [0.717, 1.165) is 10.8 Å². The molecule has 0 spiro atoms. The van der Waals surface area contributed by atoms with Gasteiger partial charge >= 0.3 is 0 Å². The third kappa shape index (κ3) is 1.59. The van der Waals surface area contributed by atoms with Gasteiger partial charge in [0.1, 0.15) is 5.75 Å². The van der Waals surface area contributed by atoms with E-state index >= 15 is 0 Å². The first-order valence-electron chi connectivity index (χ1n) is 3.54. The molecule has 2 aromatic rings. The van der Waals surface area contributed by atoms with Crippen molar-refractivity contribution in [2.75, 3.05) is 0 Å². The molecule has 0 aromatic heterocycles. The summed E-state index contributed by atoms with van der Waals surface area (Å²) in [7, 11) is 0. The Balaban J connectivity index is 0.000000720. The summed E-state index contributed by atoms with van der Waals surface area (Å²) in [6.45, 7) is 0. The Hall–Kier alpha value is -0.617. The fourth-order valence-corrected chi connectivity index (χ4v) is 1.21. The molecule has 1 nitrogen and oxygen atoms in total. The Kier molecular flexibility index (Phi) is 3.05. The van der Waals surface area contributed by atoms with Crippen molar-refractivity contribution in [3.8, 4) is 5.75 Å². The van der Waals surface area contributed by atoms with Gasteiger partial charge in [-0.15, -0.1) is 0 Å². The van der Waals surface area contributed by atoms with Crippen LogP contribution < -0.4 is 0 Å². The molecule has 0 aliphatic heterocycles. The van der Waals surface area contributed by atoms with Crippen LogP contribution >= 0.6 is 0 Å². The third-order valence-corrected chi connectivity index (χ3v) is 1.77. The average Bonchev–Trinajstić information content (AvgIpc) is 2.06. The summed E-state index contributed by atoms with van der Waals surface area (Å²) in [6, 6.07) is 13.3. The van der Waals surface area contributed by atoms with Crippen LogP contribution in [0.1, 0.15) is 0 Å². The number of hydrogen-bond donors (Lipinski definition) is 1. The first-order chi connectivity index (χ1) is 5.38. The van der Waals surface area contributed by atoms with Crippen molar-refractivity contribution in [1.29, 1.82) is 0 Å². The molecule has 12 heavy (non-hydrogen) atoms. The molecule has 58 valence electrons. The molecule has 0 aliphatic carbocycles. The van der Waals surface area contributed by atoms with Crippen LogP contribution in [-0.4, -0.2) is 5.11 Å². The van der Waals surface area contributed by atoms with E-state index in [1.54, 1.807) is 6.07 Å². The van der Waals surface area contributed by atoms with Gasteiger partial charge in [-0.3, -0.25) is 0 Å².